The molecule has 0 radical (unpaired) electrons. The van der Waals surface area contributed by atoms with Crippen molar-refractivity contribution < 1.29 is 9.15 Å². The Morgan fingerprint density at radius 2 is 2.11 bits per heavy atom. The number of nitrogens with two attached hydrogens (primary N) is 1. The average Bonchev–Trinajstić information content (AvgIpc) is 2.87. The molecule has 8 nitrogen and oxygen atoms in total. The van der Waals surface area contributed by atoms with E-state index in [4.69, 9.17) is 20.3 Å². The third-order valence-electron chi connectivity index (χ3n) is 2.27. The first-order chi connectivity index (χ1) is 9.19. The van der Waals surface area contributed by atoms with Crippen molar-refractivity contribution in [1.82, 2.24) is 21.0 Å². The van der Waals surface area contributed by atoms with Gasteiger partial charge in [-0.2, -0.15) is 0 Å². The van der Waals surface area contributed by atoms with Crippen LogP contribution < -0.4 is 21.3 Å². The average molecular weight is 262 g/mol. The molecule has 0 aliphatic carbocycles. The van der Waals surface area contributed by atoms with Gasteiger partial charge < -0.3 is 14.9 Å². The SMILES string of the molecule is COc1ccc(-c2nnc(CNNC(=N)N)o2)cc1. The molecule has 0 saturated heterocycles. The van der Waals surface area contributed by atoms with Crippen LogP contribution in [0.15, 0.2) is 28.7 Å². The molecule has 0 atom stereocenters. The molecule has 0 spiro atoms. The lowest BCUT2D eigenvalue weighted by atomic mass is 10.2. The van der Waals surface area contributed by atoms with Crippen molar-refractivity contribution in [2.75, 3.05) is 7.11 Å². The minimum atomic E-state index is -0.185. The van der Waals surface area contributed by atoms with Crippen molar-refractivity contribution >= 4 is 5.96 Å². The molecule has 100 valence electrons. The molecule has 0 aliphatic heterocycles. The smallest absolute Gasteiger partial charge is 0.247 e. The van der Waals surface area contributed by atoms with Gasteiger partial charge in [0.25, 0.3) is 0 Å². The number of nitrogens with one attached hydrogen (secondary N) is 3. The van der Waals surface area contributed by atoms with Crippen LogP contribution in [0.1, 0.15) is 5.89 Å². The molecule has 19 heavy (non-hydrogen) atoms. The molecule has 0 unspecified atom stereocenters. The van der Waals surface area contributed by atoms with Gasteiger partial charge in [-0.05, 0) is 24.3 Å². The molecule has 0 saturated carbocycles. The molecule has 5 N–H and O–H groups in total. The highest BCUT2D eigenvalue weighted by Crippen LogP contribution is 2.20. The summed E-state index contributed by atoms with van der Waals surface area (Å²) in [6, 6.07) is 7.29. The van der Waals surface area contributed by atoms with Crippen LogP contribution in [0.25, 0.3) is 11.5 Å². The molecule has 1 aromatic heterocycles. The molecule has 1 aromatic carbocycles. The van der Waals surface area contributed by atoms with Crippen LogP contribution in [0.3, 0.4) is 0 Å². The number of nitrogens with zero attached hydrogens (tertiary/aromatic N) is 2. The summed E-state index contributed by atoms with van der Waals surface area (Å²) >= 11 is 0. The fraction of sp³-hybridized carbons (Fsp3) is 0.182. The van der Waals surface area contributed by atoms with Gasteiger partial charge in [-0.15, -0.1) is 10.2 Å². The molecule has 2 aromatic rings. The first-order valence-corrected chi connectivity index (χ1v) is 5.48. The number of methoxy groups -OCH3 is 1. The Morgan fingerprint density at radius 1 is 1.37 bits per heavy atom. The summed E-state index contributed by atoms with van der Waals surface area (Å²) in [6.45, 7) is 0.267. The first kappa shape index (κ1) is 12.8. The summed E-state index contributed by atoms with van der Waals surface area (Å²) in [7, 11) is 1.60. The topological polar surface area (TPSA) is 122 Å². The number of benzene rings is 1. The maximum atomic E-state index is 6.96. The first-order valence-electron chi connectivity index (χ1n) is 5.48. The minimum absolute atomic E-state index is 0.185. The summed E-state index contributed by atoms with van der Waals surface area (Å²) in [5.41, 5.74) is 11.0. The summed E-state index contributed by atoms with van der Waals surface area (Å²) < 4.78 is 10.5. The summed E-state index contributed by atoms with van der Waals surface area (Å²) in [6.07, 6.45) is 0. The van der Waals surface area contributed by atoms with Crippen LogP contribution in [0.5, 0.6) is 5.75 Å². The maximum absolute atomic E-state index is 6.96. The molecule has 8 heteroatoms. The zero-order valence-electron chi connectivity index (χ0n) is 10.3. The van der Waals surface area contributed by atoms with Crippen LogP contribution in [0.4, 0.5) is 0 Å². The molecule has 0 fully saturated rings. The van der Waals surface area contributed by atoms with Crippen LogP contribution in [-0.2, 0) is 6.54 Å². The lowest BCUT2D eigenvalue weighted by Gasteiger charge is -2.02. The van der Waals surface area contributed by atoms with E-state index in [0.29, 0.717) is 11.8 Å². The highest BCUT2D eigenvalue weighted by Gasteiger charge is 2.08. The van der Waals surface area contributed by atoms with Crippen LogP contribution in [0.2, 0.25) is 0 Å². The van der Waals surface area contributed by atoms with E-state index in [9.17, 15) is 0 Å². The summed E-state index contributed by atoms with van der Waals surface area (Å²) in [5, 5.41) is 14.8. The zero-order chi connectivity index (χ0) is 13.7. The van der Waals surface area contributed by atoms with Crippen LogP contribution >= 0.6 is 0 Å². The van der Waals surface area contributed by atoms with Gasteiger partial charge in [0.15, 0.2) is 5.96 Å². The van der Waals surface area contributed by atoms with E-state index >= 15 is 0 Å². The number of hydrazine groups is 1. The van der Waals surface area contributed by atoms with E-state index in [2.05, 4.69) is 21.0 Å². The third-order valence-corrected chi connectivity index (χ3v) is 2.27. The van der Waals surface area contributed by atoms with Crippen molar-refractivity contribution in [2.24, 2.45) is 5.73 Å². The molecule has 2 rings (SSSR count). The van der Waals surface area contributed by atoms with Gasteiger partial charge in [-0.1, -0.05) is 0 Å². The Hall–Kier alpha value is -2.61. The van der Waals surface area contributed by atoms with Crippen molar-refractivity contribution in [3.8, 4) is 17.2 Å². The van der Waals surface area contributed by atoms with Crippen LogP contribution in [0, 0.1) is 5.41 Å². The van der Waals surface area contributed by atoms with Gasteiger partial charge >= 0.3 is 0 Å². The molecule has 1 heterocycles. The number of ether oxygens (including phenoxy) is 1. The Morgan fingerprint density at radius 3 is 2.74 bits per heavy atom. The molecular weight excluding hydrogens is 248 g/mol. The van der Waals surface area contributed by atoms with Gasteiger partial charge in [0, 0.05) is 5.56 Å². The quantitative estimate of drug-likeness (QED) is 0.345. The second-order valence-electron chi connectivity index (χ2n) is 3.62. The van der Waals surface area contributed by atoms with E-state index in [1.54, 1.807) is 7.11 Å². The van der Waals surface area contributed by atoms with Gasteiger partial charge in [0.2, 0.25) is 11.8 Å². The van der Waals surface area contributed by atoms with Gasteiger partial charge in [0.05, 0.1) is 13.7 Å². The largest absolute Gasteiger partial charge is 0.497 e. The maximum Gasteiger partial charge on any atom is 0.247 e. The number of aromatic nitrogens is 2. The molecule has 0 aliphatic rings. The lowest BCUT2D eigenvalue weighted by Crippen LogP contribution is -2.41. The highest BCUT2D eigenvalue weighted by molar-refractivity contribution is 5.73. The normalized spacial score (nSPS) is 10.2. The third kappa shape index (κ3) is 3.42. The molecule has 0 bridgehead atoms. The minimum Gasteiger partial charge on any atom is -0.497 e. The fourth-order valence-corrected chi connectivity index (χ4v) is 1.39. The van der Waals surface area contributed by atoms with E-state index in [0.717, 1.165) is 11.3 Å². The second kappa shape index (κ2) is 5.83. The number of guanidine groups is 1. The van der Waals surface area contributed by atoms with Crippen molar-refractivity contribution in [3.05, 3.63) is 30.2 Å². The lowest BCUT2D eigenvalue weighted by molar-refractivity contribution is 0.415. The van der Waals surface area contributed by atoms with Gasteiger partial charge in [-0.25, -0.2) is 5.43 Å². The van der Waals surface area contributed by atoms with E-state index in [-0.39, 0.29) is 12.5 Å². The zero-order valence-corrected chi connectivity index (χ0v) is 10.3. The highest BCUT2D eigenvalue weighted by atomic mass is 16.5. The summed E-state index contributed by atoms with van der Waals surface area (Å²) in [5.74, 6) is 1.38. The van der Waals surface area contributed by atoms with Crippen molar-refractivity contribution in [1.29, 1.82) is 5.41 Å². The molecular formula is C11H14N6O2. The Kier molecular flexibility index (Phi) is 3.94. The van der Waals surface area contributed by atoms with Crippen molar-refractivity contribution in [2.45, 2.75) is 6.54 Å². The Bertz CT molecular complexity index is 551. The predicted octanol–water partition coefficient (Wildman–Crippen LogP) is 0.233. The Balaban J connectivity index is 2.01. The fourth-order valence-electron chi connectivity index (χ4n) is 1.39. The summed E-state index contributed by atoms with van der Waals surface area (Å²) in [4.78, 5) is 0. The predicted molar refractivity (Wildman–Crippen MR) is 68.2 cm³/mol. The number of rotatable bonds is 5. The van der Waals surface area contributed by atoms with E-state index in [1.165, 1.54) is 0 Å². The number of hydrogen-bond donors (Lipinski definition) is 4. The molecule has 0 amide bonds. The second-order valence-corrected chi connectivity index (χ2v) is 3.62. The number of hydrogen-bond acceptors (Lipinski definition) is 6. The van der Waals surface area contributed by atoms with Gasteiger partial charge in [0.1, 0.15) is 5.75 Å². The Labute approximate surface area is 109 Å². The van der Waals surface area contributed by atoms with Crippen LogP contribution in [-0.4, -0.2) is 23.3 Å². The van der Waals surface area contributed by atoms with Crippen molar-refractivity contribution in [3.63, 3.8) is 0 Å². The van der Waals surface area contributed by atoms with E-state index in [1.807, 2.05) is 24.3 Å². The monoisotopic (exact) mass is 262 g/mol. The standard InChI is InChI=1S/C11H14N6O2/c1-18-8-4-2-7(3-5-8)10-16-15-9(19-10)6-14-17-11(12)13/h2-5,14H,6H2,1H3,(H4,12,13,17). The van der Waals surface area contributed by atoms with Gasteiger partial charge in [-0.3, -0.25) is 10.8 Å². The van der Waals surface area contributed by atoms with E-state index < -0.39 is 0 Å².